The van der Waals surface area contributed by atoms with Crippen LogP contribution in [0.15, 0.2) is 12.1 Å². The van der Waals surface area contributed by atoms with Gasteiger partial charge in [-0.15, -0.1) is 0 Å². The Morgan fingerprint density at radius 1 is 1.21 bits per heavy atom. The van der Waals surface area contributed by atoms with Crippen molar-refractivity contribution in [3.05, 3.63) is 29.6 Å². The molecule has 1 rings (SSSR count). The first-order chi connectivity index (χ1) is 6.00. The molecule has 0 atom stereocenters. The number of rotatable bonds is 1. The van der Waals surface area contributed by atoms with E-state index in [0.29, 0.717) is 12.1 Å². The van der Waals surface area contributed by atoms with Crippen molar-refractivity contribution in [3.8, 4) is 5.75 Å². The summed E-state index contributed by atoms with van der Waals surface area (Å²) in [5.74, 6) is -5.13. The fraction of sp³-hybridized carbons (Fsp3) is 0.125. The summed E-state index contributed by atoms with van der Waals surface area (Å²) in [6.07, 6.45) is 0. The Hall–Kier alpha value is -0.520. The zero-order valence-electron chi connectivity index (χ0n) is 8.61. The van der Waals surface area contributed by atoms with Crippen LogP contribution in [0.25, 0.3) is 0 Å². The van der Waals surface area contributed by atoms with Gasteiger partial charge in [-0.2, -0.15) is 0 Å². The van der Waals surface area contributed by atoms with Crippen molar-refractivity contribution in [2.45, 2.75) is 6.92 Å². The number of benzene rings is 1. The van der Waals surface area contributed by atoms with Crippen LogP contribution in [0, 0.1) is 17.5 Å². The molecule has 0 fully saturated rings. The van der Waals surface area contributed by atoms with Gasteiger partial charge < -0.3 is 6.16 Å². The third-order valence-corrected chi connectivity index (χ3v) is 1.23. The molecule has 0 saturated carbocycles. The molecule has 0 saturated heterocycles. The zero-order chi connectivity index (χ0) is 10.0. The van der Waals surface area contributed by atoms with Gasteiger partial charge in [0.05, 0.1) is 0 Å². The molecule has 0 N–H and O–H groups in total. The van der Waals surface area contributed by atoms with E-state index in [9.17, 15) is 18.0 Å². The van der Waals surface area contributed by atoms with Crippen molar-refractivity contribution in [2.75, 3.05) is 0 Å². The van der Waals surface area contributed by atoms with Crippen LogP contribution >= 0.6 is 0 Å². The molecule has 14 heavy (non-hydrogen) atoms. The minimum Gasteiger partial charge on any atom is -1.00 e. The number of halogens is 3. The largest absolute Gasteiger partial charge is 1.00 e. The maximum Gasteiger partial charge on any atom is 1.00 e. The Morgan fingerprint density at radius 3 is 2.21 bits per heavy atom. The molecule has 0 bridgehead atoms. The first-order valence-corrected chi connectivity index (χ1v) is 3.33. The van der Waals surface area contributed by atoms with Crippen LogP contribution < -0.4 is 34.3 Å². The Bertz CT molecular complexity index is 360. The molecule has 1 aromatic carbocycles. The summed E-state index contributed by atoms with van der Waals surface area (Å²) in [5, 5.41) is 0. The molecule has 2 nitrogen and oxygen atoms in total. The molecule has 72 valence electrons. The quantitative estimate of drug-likeness (QED) is 0.263. The molecule has 0 aliphatic heterocycles. The first kappa shape index (κ1) is 13.5. The van der Waals surface area contributed by atoms with Crippen molar-refractivity contribution in [2.24, 2.45) is 0 Å². The average molecular weight is 214 g/mol. The molecule has 0 unspecified atom stereocenters. The monoisotopic (exact) mass is 214 g/mol. The van der Waals surface area contributed by atoms with Crippen molar-refractivity contribution in [1.29, 1.82) is 0 Å². The zero-order valence-corrected chi connectivity index (χ0v) is 9.61. The third-order valence-electron chi connectivity index (χ3n) is 1.23. The van der Waals surface area contributed by atoms with Crippen molar-refractivity contribution >= 4 is 5.97 Å². The summed E-state index contributed by atoms with van der Waals surface area (Å²) >= 11 is 0. The standard InChI is InChI=1S/C8H5F3O2.Na.H/c1-4(12)13-8-3-6(10)5(9)2-7(8)11;;/h2-3H,1H3;;/q;+1;-1. The van der Waals surface area contributed by atoms with Gasteiger partial charge in [-0.1, -0.05) is 0 Å². The van der Waals surface area contributed by atoms with Crippen molar-refractivity contribution in [3.63, 3.8) is 0 Å². The van der Waals surface area contributed by atoms with Crippen LogP contribution in [0.3, 0.4) is 0 Å². The Balaban J connectivity index is 0. The second-order valence-electron chi connectivity index (χ2n) is 2.29. The van der Waals surface area contributed by atoms with Crippen LogP contribution in [-0.2, 0) is 4.79 Å². The molecule has 0 aliphatic carbocycles. The van der Waals surface area contributed by atoms with E-state index in [1.54, 1.807) is 0 Å². The van der Waals surface area contributed by atoms with E-state index in [2.05, 4.69) is 4.74 Å². The van der Waals surface area contributed by atoms with Gasteiger partial charge in [0.2, 0.25) is 0 Å². The van der Waals surface area contributed by atoms with Crippen molar-refractivity contribution in [1.82, 2.24) is 0 Å². The van der Waals surface area contributed by atoms with Crippen LogP contribution in [0.5, 0.6) is 5.75 Å². The van der Waals surface area contributed by atoms with Gasteiger partial charge in [0.15, 0.2) is 23.2 Å². The van der Waals surface area contributed by atoms with Crippen molar-refractivity contribution < 1.29 is 53.7 Å². The van der Waals surface area contributed by atoms with E-state index in [4.69, 9.17) is 0 Å². The minimum atomic E-state index is -1.33. The molecule has 0 aliphatic rings. The predicted molar refractivity (Wildman–Crippen MR) is 38.7 cm³/mol. The van der Waals surface area contributed by atoms with E-state index >= 15 is 0 Å². The molecular formula is C8H6F3NaO2. The molecule has 0 amide bonds. The van der Waals surface area contributed by atoms with E-state index in [0.717, 1.165) is 6.92 Å². The SMILES string of the molecule is CC(=O)Oc1cc(F)c(F)cc1F.[H-].[Na+]. The Kier molecular flexibility index (Phi) is 5.18. The van der Waals surface area contributed by atoms with Crippen LogP contribution in [0.1, 0.15) is 8.35 Å². The smallest absolute Gasteiger partial charge is 1.00 e. The molecular weight excluding hydrogens is 208 g/mol. The predicted octanol–water partition coefficient (Wildman–Crippen LogP) is -0.854. The van der Waals surface area contributed by atoms with Gasteiger partial charge in [0, 0.05) is 19.1 Å². The summed E-state index contributed by atoms with van der Waals surface area (Å²) in [7, 11) is 0. The van der Waals surface area contributed by atoms with E-state index < -0.39 is 29.2 Å². The van der Waals surface area contributed by atoms with E-state index in [-0.39, 0.29) is 31.0 Å². The Morgan fingerprint density at radius 2 is 1.71 bits per heavy atom. The number of esters is 1. The van der Waals surface area contributed by atoms with E-state index in [1.165, 1.54) is 0 Å². The topological polar surface area (TPSA) is 26.3 Å². The minimum absolute atomic E-state index is 0. The summed E-state index contributed by atoms with van der Waals surface area (Å²) in [6.45, 7) is 1.03. The molecule has 0 heterocycles. The number of ether oxygens (including phenoxy) is 1. The second kappa shape index (κ2) is 5.38. The normalized spacial score (nSPS) is 9.14. The van der Waals surface area contributed by atoms with Gasteiger partial charge >= 0.3 is 35.5 Å². The molecule has 0 spiro atoms. The maximum absolute atomic E-state index is 12.7. The van der Waals surface area contributed by atoms with Gasteiger partial charge in [0.25, 0.3) is 0 Å². The van der Waals surface area contributed by atoms with Crippen LogP contribution in [0.4, 0.5) is 13.2 Å². The summed E-state index contributed by atoms with van der Waals surface area (Å²) < 4.78 is 41.8. The number of hydrogen-bond acceptors (Lipinski definition) is 2. The van der Waals surface area contributed by atoms with Gasteiger partial charge in [0.1, 0.15) is 0 Å². The van der Waals surface area contributed by atoms with Gasteiger partial charge in [-0.25, -0.2) is 13.2 Å². The summed E-state index contributed by atoms with van der Waals surface area (Å²) in [6, 6.07) is 0.791. The molecule has 0 radical (unpaired) electrons. The van der Waals surface area contributed by atoms with Gasteiger partial charge in [-0.05, 0) is 0 Å². The molecule has 6 heteroatoms. The summed E-state index contributed by atoms with van der Waals surface area (Å²) in [5.41, 5.74) is 0. The average Bonchev–Trinajstić information content (AvgIpc) is 1.99. The number of carbonyl (C=O) groups excluding carboxylic acids is 1. The fourth-order valence-corrected chi connectivity index (χ4v) is 0.737. The molecule has 0 aromatic heterocycles. The van der Waals surface area contributed by atoms with Gasteiger partial charge in [-0.3, -0.25) is 4.79 Å². The first-order valence-electron chi connectivity index (χ1n) is 3.33. The van der Waals surface area contributed by atoms with Crippen LogP contribution in [-0.4, -0.2) is 5.97 Å². The number of carbonyl (C=O) groups is 1. The fourth-order valence-electron chi connectivity index (χ4n) is 0.737. The van der Waals surface area contributed by atoms with E-state index in [1.807, 2.05) is 0 Å². The maximum atomic E-state index is 12.7. The van der Waals surface area contributed by atoms with Crippen LogP contribution in [0.2, 0.25) is 0 Å². The summed E-state index contributed by atoms with van der Waals surface area (Å²) in [4.78, 5) is 10.4. The molecule has 1 aromatic rings. The Labute approximate surface area is 102 Å². The second-order valence-corrected chi connectivity index (χ2v) is 2.29. The third kappa shape index (κ3) is 3.32. The number of hydrogen-bond donors (Lipinski definition) is 0.